The summed E-state index contributed by atoms with van der Waals surface area (Å²) in [4.78, 5) is 16.6. The molecule has 0 saturated heterocycles. The predicted molar refractivity (Wildman–Crippen MR) is 75.2 cm³/mol. The van der Waals surface area contributed by atoms with E-state index in [4.69, 9.17) is 5.73 Å². The van der Waals surface area contributed by atoms with E-state index in [1.54, 1.807) is 12.1 Å². The molecule has 1 aromatic carbocycles. The van der Waals surface area contributed by atoms with Crippen LogP contribution in [0.25, 0.3) is 0 Å². The van der Waals surface area contributed by atoms with Crippen molar-refractivity contribution in [1.29, 1.82) is 0 Å². The zero-order valence-electron chi connectivity index (χ0n) is 11.3. The van der Waals surface area contributed by atoms with Crippen LogP contribution in [-0.2, 0) is 13.0 Å². The minimum Gasteiger partial charge on any atom is -0.398 e. The van der Waals surface area contributed by atoms with E-state index in [1.807, 2.05) is 23.7 Å². The van der Waals surface area contributed by atoms with Gasteiger partial charge >= 0.3 is 0 Å². The Balaban J connectivity index is 1.71. The Kier molecular flexibility index (Phi) is 3.14. The van der Waals surface area contributed by atoms with E-state index < -0.39 is 0 Å². The molecule has 104 valence electrons. The second-order valence-corrected chi connectivity index (χ2v) is 5.05. The van der Waals surface area contributed by atoms with Crippen molar-refractivity contribution in [3.05, 3.63) is 41.5 Å². The van der Waals surface area contributed by atoms with Gasteiger partial charge in [0.25, 0.3) is 5.91 Å². The van der Waals surface area contributed by atoms with Gasteiger partial charge in [0.05, 0.1) is 12.1 Å². The molecular weight excluding hydrogens is 254 g/mol. The van der Waals surface area contributed by atoms with Crippen molar-refractivity contribution in [1.82, 2.24) is 20.1 Å². The maximum atomic E-state index is 12.2. The first-order valence-corrected chi connectivity index (χ1v) is 6.69. The number of nitrogens with one attached hydrogen (secondary N) is 1. The minimum absolute atomic E-state index is 0.0655. The van der Waals surface area contributed by atoms with Gasteiger partial charge in [0, 0.05) is 18.2 Å². The number of anilines is 1. The van der Waals surface area contributed by atoms with Crippen molar-refractivity contribution in [2.45, 2.75) is 32.4 Å². The highest BCUT2D eigenvalue weighted by Gasteiger charge is 2.23. The molecule has 1 amide bonds. The van der Waals surface area contributed by atoms with Crippen LogP contribution in [0.15, 0.2) is 24.3 Å². The summed E-state index contributed by atoms with van der Waals surface area (Å²) in [5, 5.41) is 7.35. The summed E-state index contributed by atoms with van der Waals surface area (Å²) in [6.07, 6.45) is 1.70. The van der Waals surface area contributed by atoms with E-state index in [2.05, 4.69) is 15.4 Å². The summed E-state index contributed by atoms with van der Waals surface area (Å²) in [6.45, 7) is 2.54. The molecule has 1 aliphatic rings. The Morgan fingerprint density at radius 2 is 2.25 bits per heavy atom. The van der Waals surface area contributed by atoms with Crippen molar-refractivity contribution >= 4 is 11.6 Å². The molecule has 0 aliphatic carbocycles. The molecule has 1 aliphatic heterocycles. The zero-order valence-corrected chi connectivity index (χ0v) is 11.3. The first-order valence-electron chi connectivity index (χ1n) is 6.69. The van der Waals surface area contributed by atoms with Gasteiger partial charge in [-0.1, -0.05) is 12.1 Å². The number of nitrogen functional groups attached to an aromatic ring is 1. The van der Waals surface area contributed by atoms with Crippen LogP contribution in [0, 0.1) is 6.92 Å². The topological polar surface area (TPSA) is 85.8 Å². The lowest BCUT2D eigenvalue weighted by Crippen LogP contribution is -2.41. The molecule has 1 atom stereocenters. The van der Waals surface area contributed by atoms with Gasteiger partial charge in [-0.25, -0.2) is 9.67 Å². The maximum Gasteiger partial charge on any atom is 0.253 e. The van der Waals surface area contributed by atoms with Gasteiger partial charge in [0.15, 0.2) is 0 Å². The number of hydrogen-bond acceptors (Lipinski definition) is 4. The summed E-state index contributed by atoms with van der Waals surface area (Å²) in [7, 11) is 0. The molecule has 1 unspecified atom stereocenters. The Morgan fingerprint density at radius 1 is 1.45 bits per heavy atom. The molecule has 0 saturated carbocycles. The molecule has 0 spiro atoms. The minimum atomic E-state index is -0.131. The van der Waals surface area contributed by atoms with Gasteiger partial charge in [-0.05, 0) is 25.5 Å². The molecule has 2 heterocycles. The van der Waals surface area contributed by atoms with Crippen LogP contribution < -0.4 is 11.1 Å². The Bertz CT molecular complexity index is 649. The van der Waals surface area contributed by atoms with Crippen LogP contribution in [-0.4, -0.2) is 26.7 Å². The summed E-state index contributed by atoms with van der Waals surface area (Å²) in [5.74, 6) is 1.64. The first kappa shape index (κ1) is 12.7. The molecule has 2 aromatic rings. The number of rotatable bonds is 2. The lowest BCUT2D eigenvalue weighted by atomic mass is 10.1. The molecule has 20 heavy (non-hydrogen) atoms. The van der Waals surface area contributed by atoms with E-state index >= 15 is 0 Å². The number of aromatic nitrogens is 3. The van der Waals surface area contributed by atoms with Crippen LogP contribution in [0.5, 0.6) is 0 Å². The van der Waals surface area contributed by atoms with E-state index in [0.29, 0.717) is 17.8 Å². The van der Waals surface area contributed by atoms with Crippen molar-refractivity contribution < 1.29 is 4.79 Å². The maximum absolute atomic E-state index is 12.2. The summed E-state index contributed by atoms with van der Waals surface area (Å²) >= 11 is 0. The highest BCUT2D eigenvalue weighted by molar-refractivity contribution is 5.99. The van der Waals surface area contributed by atoms with E-state index in [9.17, 15) is 4.79 Å². The van der Waals surface area contributed by atoms with E-state index in [0.717, 1.165) is 24.5 Å². The number of hydrogen-bond donors (Lipinski definition) is 2. The molecule has 6 heteroatoms. The molecule has 3 rings (SSSR count). The largest absolute Gasteiger partial charge is 0.398 e. The molecule has 0 fully saturated rings. The molecule has 1 aromatic heterocycles. The van der Waals surface area contributed by atoms with Gasteiger partial charge in [0.2, 0.25) is 0 Å². The Morgan fingerprint density at radius 3 is 3.05 bits per heavy atom. The van der Waals surface area contributed by atoms with Gasteiger partial charge in [-0.3, -0.25) is 4.79 Å². The lowest BCUT2D eigenvalue weighted by Gasteiger charge is -2.23. The quantitative estimate of drug-likeness (QED) is 0.795. The Hall–Kier alpha value is -2.37. The fourth-order valence-corrected chi connectivity index (χ4v) is 2.52. The summed E-state index contributed by atoms with van der Waals surface area (Å²) < 4.78 is 1.87. The average molecular weight is 271 g/mol. The number of nitrogens with two attached hydrogens (primary N) is 1. The smallest absolute Gasteiger partial charge is 0.253 e. The number of amides is 1. The predicted octanol–water partition coefficient (Wildman–Crippen LogP) is 0.914. The van der Waals surface area contributed by atoms with Gasteiger partial charge in [-0.15, -0.1) is 0 Å². The second kappa shape index (κ2) is 4.96. The summed E-state index contributed by atoms with van der Waals surface area (Å²) in [5.41, 5.74) is 6.84. The van der Waals surface area contributed by atoms with Crippen LogP contribution in [0.2, 0.25) is 0 Å². The fourth-order valence-electron chi connectivity index (χ4n) is 2.52. The second-order valence-electron chi connectivity index (χ2n) is 5.05. The number of fused-ring (bicyclic) bond motifs is 1. The van der Waals surface area contributed by atoms with Crippen molar-refractivity contribution in [2.75, 3.05) is 5.73 Å². The molecule has 0 bridgehead atoms. The van der Waals surface area contributed by atoms with E-state index in [-0.39, 0.29) is 11.9 Å². The van der Waals surface area contributed by atoms with Crippen molar-refractivity contribution in [3.8, 4) is 0 Å². The standard InChI is InChI=1S/C14H17N5O/c1-9-16-13-7-6-10(8-19(13)18-9)17-14(20)11-4-2-3-5-12(11)15/h2-5,10H,6-8,15H2,1H3,(H,17,20). The zero-order chi connectivity index (χ0) is 14.1. The summed E-state index contributed by atoms with van der Waals surface area (Å²) in [6, 6.07) is 7.16. The number of carbonyl (C=O) groups excluding carboxylic acids is 1. The number of benzene rings is 1. The van der Waals surface area contributed by atoms with Gasteiger partial charge < -0.3 is 11.1 Å². The van der Waals surface area contributed by atoms with Crippen LogP contribution >= 0.6 is 0 Å². The van der Waals surface area contributed by atoms with Crippen molar-refractivity contribution in [3.63, 3.8) is 0 Å². The molecule has 6 nitrogen and oxygen atoms in total. The normalized spacial score (nSPS) is 17.6. The monoisotopic (exact) mass is 271 g/mol. The highest BCUT2D eigenvalue weighted by atomic mass is 16.1. The van der Waals surface area contributed by atoms with Crippen LogP contribution in [0.1, 0.15) is 28.4 Å². The number of nitrogens with zero attached hydrogens (tertiary/aromatic N) is 3. The van der Waals surface area contributed by atoms with E-state index in [1.165, 1.54) is 0 Å². The van der Waals surface area contributed by atoms with Crippen LogP contribution in [0.3, 0.4) is 0 Å². The molecule has 3 N–H and O–H groups in total. The third-order valence-corrected chi connectivity index (χ3v) is 3.50. The molecular formula is C14H17N5O. The Labute approximate surface area is 117 Å². The average Bonchev–Trinajstić information content (AvgIpc) is 2.78. The number of carbonyl (C=O) groups is 1. The third kappa shape index (κ3) is 2.36. The number of para-hydroxylation sites is 1. The highest BCUT2D eigenvalue weighted by Crippen LogP contribution is 2.15. The fraction of sp³-hybridized carbons (Fsp3) is 0.357. The third-order valence-electron chi connectivity index (χ3n) is 3.50. The van der Waals surface area contributed by atoms with Crippen molar-refractivity contribution in [2.24, 2.45) is 0 Å². The van der Waals surface area contributed by atoms with Crippen LogP contribution in [0.4, 0.5) is 5.69 Å². The van der Waals surface area contributed by atoms with Gasteiger partial charge in [0.1, 0.15) is 11.6 Å². The first-order chi connectivity index (χ1) is 9.63. The molecule has 0 radical (unpaired) electrons. The van der Waals surface area contributed by atoms with Gasteiger partial charge in [-0.2, -0.15) is 5.10 Å². The number of aryl methyl sites for hydroxylation is 2. The SMILES string of the molecule is Cc1nc2n(n1)CC(NC(=O)c1ccccc1N)CC2. The lowest BCUT2D eigenvalue weighted by molar-refractivity contribution is 0.0927.